The van der Waals surface area contributed by atoms with Crippen LogP contribution in [0.1, 0.15) is 48.3 Å². The summed E-state index contributed by atoms with van der Waals surface area (Å²) in [5, 5.41) is 4.99. The van der Waals surface area contributed by atoms with Crippen LogP contribution in [-0.4, -0.2) is 33.9 Å². The number of ether oxygens (including phenoxy) is 1. The van der Waals surface area contributed by atoms with Gasteiger partial charge in [-0.2, -0.15) is 0 Å². The molecule has 0 aliphatic rings. The fourth-order valence-electron chi connectivity index (χ4n) is 4.72. The highest BCUT2D eigenvalue weighted by molar-refractivity contribution is 7.90. The zero-order valence-corrected chi connectivity index (χ0v) is 24.2. The molecule has 4 aromatic carbocycles. The molecule has 4 rings (SSSR count). The lowest BCUT2D eigenvalue weighted by Crippen LogP contribution is -2.34. The van der Waals surface area contributed by atoms with Gasteiger partial charge in [-0.15, -0.1) is 0 Å². The third kappa shape index (κ3) is 8.41. The molecule has 7 nitrogen and oxygen atoms in total. The van der Waals surface area contributed by atoms with Crippen molar-refractivity contribution in [2.45, 2.75) is 49.8 Å². The van der Waals surface area contributed by atoms with Crippen LogP contribution in [0.3, 0.4) is 0 Å². The Morgan fingerprint density at radius 3 is 2.24 bits per heavy atom. The maximum Gasteiger partial charge on any atom is 0.264 e. The van der Waals surface area contributed by atoms with Crippen LogP contribution in [-0.2, 0) is 26.0 Å². The normalized spacial score (nSPS) is 12.0. The molecule has 0 fully saturated rings. The molecule has 4 aromatic rings. The van der Waals surface area contributed by atoms with E-state index in [0.29, 0.717) is 25.8 Å². The van der Waals surface area contributed by atoms with Gasteiger partial charge in [0.15, 0.2) is 0 Å². The van der Waals surface area contributed by atoms with Gasteiger partial charge in [-0.25, -0.2) is 13.1 Å². The fraction of sp³-hybridized carbons (Fsp3) is 0.273. The van der Waals surface area contributed by atoms with Gasteiger partial charge in [0.05, 0.1) is 24.3 Å². The largest absolute Gasteiger partial charge is 0.497 e. The molecule has 0 radical (unpaired) electrons. The number of nitrogens with one attached hydrogen (secondary N) is 2. The topological polar surface area (TPSA) is 102 Å². The Morgan fingerprint density at radius 1 is 0.829 bits per heavy atom. The van der Waals surface area contributed by atoms with Crippen molar-refractivity contribution in [1.29, 1.82) is 0 Å². The lowest BCUT2D eigenvalue weighted by Gasteiger charge is -2.18. The summed E-state index contributed by atoms with van der Waals surface area (Å²) in [5.41, 5.74) is 2.61. The standard InChI is InChI=1S/C33H36N2O5S/c1-24-11-19-30(20-12-24)41(38,39)35-33(37)31(28-16-15-26-8-5-6-9-27(26)23-28)10-4-3-7-21-34-32(36)22-25-13-17-29(40-2)18-14-25/h5-6,8-9,11-20,23,31H,3-4,7,10,21-22H2,1-2H3,(H,34,36)(H,35,37). The van der Waals surface area contributed by atoms with Crippen molar-refractivity contribution in [1.82, 2.24) is 10.0 Å². The summed E-state index contributed by atoms with van der Waals surface area (Å²) in [6.45, 7) is 2.40. The maximum atomic E-state index is 13.4. The number of unbranched alkanes of at least 4 members (excludes halogenated alkanes) is 2. The van der Waals surface area contributed by atoms with Crippen LogP contribution < -0.4 is 14.8 Å². The summed E-state index contributed by atoms with van der Waals surface area (Å²) in [6, 6.07) is 27.5. The number of hydrogen-bond acceptors (Lipinski definition) is 5. The summed E-state index contributed by atoms with van der Waals surface area (Å²) in [7, 11) is -2.40. The second-order valence-corrected chi connectivity index (χ2v) is 11.8. The Kier molecular flexibility index (Phi) is 10.1. The van der Waals surface area contributed by atoms with Crippen LogP contribution in [0.15, 0.2) is 95.9 Å². The van der Waals surface area contributed by atoms with Crippen LogP contribution in [0.25, 0.3) is 10.8 Å². The van der Waals surface area contributed by atoms with E-state index in [-0.39, 0.29) is 10.8 Å². The number of carbonyl (C=O) groups is 2. The van der Waals surface area contributed by atoms with E-state index in [4.69, 9.17) is 4.74 Å². The Bertz CT molecular complexity index is 1580. The van der Waals surface area contributed by atoms with E-state index < -0.39 is 21.8 Å². The van der Waals surface area contributed by atoms with Gasteiger partial charge in [0.1, 0.15) is 5.75 Å². The molecular weight excluding hydrogens is 536 g/mol. The van der Waals surface area contributed by atoms with Crippen molar-refractivity contribution >= 4 is 32.6 Å². The summed E-state index contributed by atoms with van der Waals surface area (Å²) in [6.07, 6.45) is 3.01. The number of fused-ring (bicyclic) bond motifs is 1. The van der Waals surface area contributed by atoms with Gasteiger partial charge >= 0.3 is 0 Å². The molecule has 1 unspecified atom stereocenters. The first kappa shape index (κ1) is 29.8. The Labute approximate surface area is 242 Å². The van der Waals surface area contributed by atoms with Crippen molar-refractivity contribution < 1.29 is 22.7 Å². The predicted octanol–water partition coefficient (Wildman–Crippen LogP) is 5.66. The Balaban J connectivity index is 1.35. The van der Waals surface area contributed by atoms with E-state index in [9.17, 15) is 18.0 Å². The van der Waals surface area contributed by atoms with Gasteiger partial charge in [-0.05, 0) is 65.9 Å². The molecule has 2 amide bonds. The number of methoxy groups -OCH3 is 1. The average molecular weight is 573 g/mol. The molecule has 2 N–H and O–H groups in total. The number of amides is 2. The molecule has 0 saturated heterocycles. The fourth-order valence-corrected chi connectivity index (χ4v) is 5.74. The van der Waals surface area contributed by atoms with Crippen LogP contribution in [0.2, 0.25) is 0 Å². The van der Waals surface area contributed by atoms with Gasteiger partial charge in [-0.1, -0.05) is 85.1 Å². The monoisotopic (exact) mass is 572 g/mol. The predicted molar refractivity (Wildman–Crippen MR) is 161 cm³/mol. The second kappa shape index (κ2) is 13.9. The molecular formula is C33H36N2O5S. The molecule has 0 aliphatic carbocycles. The minimum atomic E-state index is -4.00. The van der Waals surface area contributed by atoms with E-state index in [0.717, 1.165) is 46.1 Å². The third-order valence-electron chi connectivity index (χ3n) is 7.07. The lowest BCUT2D eigenvalue weighted by atomic mass is 9.91. The smallest absolute Gasteiger partial charge is 0.264 e. The molecule has 0 aliphatic heterocycles. The molecule has 1 atom stereocenters. The summed E-state index contributed by atoms with van der Waals surface area (Å²) >= 11 is 0. The second-order valence-electron chi connectivity index (χ2n) is 10.2. The molecule has 0 spiro atoms. The molecule has 0 saturated carbocycles. The van der Waals surface area contributed by atoms with E-state index >= 15 is 0 Å². The maximum absolute atomic E-state index is 13.4. The van der Waals surface area contributed by atoms with Gasteiger partial charge < -0.3 is 10.1 Å². The van der Waals surface area contributed by atoms with Crippen molar-refractivity contribution in [3.8, 4) is 5.75 Å². The summed E-state index contributed by atoms with van der Waals surface area (Å²) < 4.78 is 33.4. The molecule has 8 heteroatoms. The first-order valence-corrected chi connectivity index (χ1v) is 15.2. The SMILES string of the molecule is COc1ccc(CC(=O)NCCCCCC(C(=O)NS(=O)(=O)c2ccc(C)cc2)c2ccc3ccccc3c2)cc1. The minimum absolute atomic E-state index is 0.0510. The Hall–Kier alpha value is -4.17. The van der Waals surface area contributed by atoms with Crippen LogP contribution in [0, 0.1) is 6.92 Å². The van der Waals surface area contributed by atoms with Crippen molar-refractivity contribution in [2.24, 2.45) is 0 Å². The minimum Gasteiger partial charge on any atom is -0.497 e. The summed E-state index contributed by atoms with van der Waals surface area (Å²) in [5.74, 6) is -0.486. The highest BCUT2D eigenvalue weighted by Crippen LogP contribution is 2.27. The van der Waals surface area contributed by atoms with Crippen molar-refractivity contribution in [2.75, 3.05) is 13.7 Å². The highest BCUT2D eigenvalue weighted by atomic mass is 32.2. The number of rotatable bonds is 13. The van der Waals surface area contributed by atoms with Crippen molar-refractivity contribution in [3.63, 3.8) is 0 Å². The zero-order chi connectivity index (χ0) is 29.2. The van der Waals surface area contributed by atoms with E-state index in [1.54, 1.807) is 19.2 Å². The van der Waals surface area contributed by atoms with Crippen LogP contribution in [0.5, 0.6) is 5.75 Å². The molecule has 41 heavy (non-hydrogen) atoms. The quantitative estimate of drug-likeness (QED) is 0.201. The number of carbonyl (C=O) groups excluding carboxylic acids is 2. The first-order chi connectivity index (χ1) is 19.7. The number of sulfonamides is 1. The number of benzene rings is 4. The van der Waals surface area contributed by atoms with Gasteiger partial charge in [0.2, 0.25) is 11.8 Å². The van der Waals surface area contributed by atoms with Gasteiger partial charge in [0.25, 0.3) is 10.0 Å². The van der Waals surface area contributed by atoms with E-state index in [1.165, 1.54) is 12.1 Å². The van der Waals surface area contributed by atoms with Crippen LogP contribution in [0.4, 0.5) is 0 Å². The molecule has 0 bridgehead atoms. The number of aryl methyl sites for hydroxylation is 1. The average Bonchev–Trinajstić information content (AvgIpc) is 2.97. The number of hydrogen-bond donors (Lipinski definition) is 2. The van der Waals surface area contributed by atoms with Gasteiger partial charge in [0, 0.05) is 6.54 Å². The zero-order valence-electron chi connectivity index (χ0n) is 23.4. The third-order valence-corrected chi connectivity index (χ3v) is 8.44. The van der Waals surface area contributed by atoms with E-state index in [1.807, 2.05) is 73.7 Å². The lowest BCUT2D eigenvalue weighted by molar-refractivity contribution is -0.121. The first-order valence-electron chi connectivity index (χ1n) is 13.8. The molecule has 214 valence electrons. The molecule has 0 aromatic heterocycles. The highest BCUT2D eigenvalue weighted by Gasteiger charge is 2.26. The van der Waals surface area contributed by atoms with Crippen molar-refractivity contribution in [3.05, 3.63) is 108 Å². The Morgan fingerprint density at radius 2 is 1.54 bits per heavy atom. The van der Waals surface area contributed by atoms with E-state index in [2.05, 4.69) is 10.0 Å². The molecule has 0 heterocycles. The van der Waals surface area contributed by atoms with Gasteiger partial charge in [-0.3, -0.25) is 9.59 Å². The summed E-state index contributed by atoms with van der Waals surface area (Å²) in [4.78, 5) is 25.8. The van der Waals surface area contributed by atoms with Crippen LogP contribution >= 0.6 is 0 Å².